The number of fused-ring (bicyclic) bond motifs is 1. The number of pyridine rings is 1. The first-order valence-electron chi connectivity index (χ1n) is 8.74. The van der Waals surface area contributed by atoms with Gasteiger partial charge in [-0.25, -0.2) is 14.4 Å². The summed E-state index contributed by atoms with van der Waals surface area (Å²) in [6.07, 6.45) is -1.71. The van der Waals surface area contributed by atoms with E-state index in [-0.39, 0.29) is 11.4 Å². The van der Waals surface area contributed by atoms with Crippen molar-refractivity contribution < 1.29 is 27.1 Å². The van der Waals surface area contributed by atoms with E-state index >= 15 is 0 Å². The van der Waals surface area contributed by atoms with Gasteiger partial charge < -0.3 is 10.1 Å². The normalized spacial score (nSPS) is 15.7. The van der Waals surface area contributed by atoms with Crippen LogP contribution in [0.1, 0.15) is 34.3 Å². The molecule has 12 heteroatoms. The molecule has 1 aliphatic rings. The highest BCUT2D eigenvalue weighted by atomic mass is 19.4. The Bertz CT molecular complexity index is 1110. The maximum atomic E-state index is 14.2. The molecule has 1 N–H and O–H groups in total. The predicted octanol–water partition coefficient (Wildman–Crippen LogP) is 2.78. The Hall–Kier alpha value is -3.57. The van der Waals surface area contributed by atoms with E-state index in [1.165, 1.54) is 13.2 Å². The molecule has 3 aromatic rings. The fourth-order valence-corrected chi connectivity index (χ4v) is 3.14. The van der Waals surface area contributed by atoms with Crippen molar-refractivity contribution in [2.75, 3.05) is 7.11 Å². The number of halogens is 4. The molecule has 0 saturated heterocycles. The zero-order valence-electron chi connectivity index (χ0n) is 15.4. The standard InChI is InChI=1S/C18H14F4N6O2/c1-30-16-4-9(10(19)6-24-16)12-5-14-11(2-3-28(14)27-12)26-17(29)13-7-23-8-15(25-13)18(20,21)22/h4-8,11H,2-3H2,1H3,(H,26,29)/t11-/m0/s1. The van der Waals surface area contributed by atoms with Crippen molar-refractivity contribution >= 4 is 5.91 Å². The fraction of sp³-hybridized carbons (Fsp3) is 0.278. The van der Waals surface area contributed by atoms with Gasteiger partial charge in [-0.3, -0.25) is 14.5 Å². The molecule has 0 radical (unpaired) electrons. The Morgan fingerprint density at radius 3 is 2.80 bits per heavy atom. The van der Waals surface area contributed by atoms with E-state index in [1.54, 1.807) is 10.7 Å². The number of carbonyl (C=O) groups excluding carboxylic acids is 1. The molecule has 0 spiro atoms. The van der Waals surface area contributed by atoms with Crippen molar-refractivity contribution in [3.8, 4) is 17.1 Å². The molecule has 0 bridgehead atoms. The Balaban J connectivity index is 1.57. The number of nitrogens with one attached hydrogen (secondary N) is 1. The minimum absolute atomic E-state index is 0.178. The Labute approximate surface area is 166 Å². The molecule has 0 fully saturated rings. The third-order valence-electron chi connectivity index (χ3n) is 4.58. The number of amides is 1. The summed E-state index contributed by atoms with van der Waals surface area (Å²) >= 11 is 0. The molecule has 4 heterocycles. The number of ether oxygens (including phenoxy) is 1. The van der Waals surface area contributed by atoms with E-state index in [0.29, 0.717) is 30.6 Å². The molecule has 1 atom stereocenters. The van der Waals surface area contributed by atoms with Crippen LogP contribution in [0.15, 0.2) is 30.7 Å². The van der Waals surface area contributed by atoms with Gasteiger partial charge in [-0.2, -0.15) is 18.3 Å². The number of hydrogen-bond donors (Lipinski definition) is 1. The summed E-state index contributed by atoms with van der Waals surface area (Å²) in [5.74, 6) is -1.17. The van der Waals surface area contributed by atoms with Gasteiger partial charge in [-0.1, -0.05) is 0 Å². The van der Waals surface area contributed by atoms with Gasteiger partial charge in [0.2, 0.25) is 5.88 Å². The largest absolute Gasteiger partial charge is 0.481 e. The van der Waals surface area contributed by atoms with Gasteiger partial charge in [0.1, 0.15) is 5.69 Å². The van der Waals surface area contributed by atoms with Gasteiger partial charge in [0.25, 0.3) is 5.91 Å². The average Bonchev–Trinajstić information content (AvgIpc) is 3.29. The highest BCUT2D eigenvalue weighted by Gasteiger charge is 2.34. The van der Waals surface area contributed by atoms with Crippen LogP contribution in [-0.4, -0.2) is 37.7 Å². The number of methoxy groups -OCH3 is 1. The number of carbonyl (C=O) groups is 1. The molecular formula is C18H14F4N6O2. The number of rotatable bonds is 4. The molecular weight excluding hydrogens is 408 g/mol. The van der Waals surface area contributed by atoms with Crippen LogP contribution >= 0.6 is 0 Å². The summed E-state index contributed by atoms with van der Waals surface area (Å²) in [7, 11) is 1.40. The number of aromatic nitrogens is 5. The van der Waals surface area contributed by atoms with Gasteiger partial charge in [0, 0.05) is 18.2 Å². The molecule has 0 unspecified atom stereocenters. The van der Waals surface area contributed by atoms with Crippen LogP contribution in [0.5, 0.6) is 5.88 Å². The first-order chi connectivity index (χ1) is 14.3. The quantitative estimate of drug-likeness (QED) is 0.650. The zero-order valence-corrected chi connectivity index (χ0v) is 15.4. The van der Waals surface area contributed by atoms with Gasteiger partial charge >= 0.3 is 6.18 Å². The van der Waals surface area contributed by atoms with E-state index in [9.17, 15) is 22.4 Å². The molecule has 0 aromatic carbocycles. The summed E-state index contributed by atoms with van der Waals surface area (Å²) < 4.78 is 59.2. The number of aryl methyl sites for hydroxylation is 1. The van der Waals surface area contributed by atoms with Crippen LogP contribution in [-0.2, 0) is 12.7 Å². The zero-order chi connectivity index (χ0) is 21.5. The van der Waals surface area contributed by atoms with Crippen LogP contribution in [0.4, 0.5) is 17.6 Å². The van der Waals surface area contributed by atoms with Crippen LogP contribution in [0.3, 0.4) is 0 Å². The lowest BCUT2D eigenvalue weighted by Gasteiger charge is -2.12. The van der Waals surface area contributed by atoms with Crippen molar-refractivity contribution in [1.29, 1.82) is 0 Å². The van der Waals surface area contributed by atoms with Crippen molar-refractivity contribution in [3.63, 3.8) is 0 Å². The molecule has 1 aliphatic heterocycles. The molecule has 0 aliphatic carbocycles. The highest BCUT2D eigenvalue weighted by Crippen LogP contribution is 2.32. The van der Waals surface area contributed by atoms with Gasteiger partial charge in [0.15, 0.2) is 11.5 Å². The molecule has 0 saturated carbocycles. The minimum Gasteiger partial charge on any atom is -0.481 e. The molecule has 8 nitrogen and oxygen atoms in total. The predicted molar refractivity (Wildman–Crippen MR) is 93.8 cm³/mol. The second-order valence-electron chi connectivity index (χ2n) is 6.49. The van der Waals surface area contributed by atoms with Crippen molar-refractivity contribution in [3.05, 3.63) is 53.6 Å². The SMILES string of the molecule is COc1cc(-c2cc3n(n2)CC[C@@H]3NC(=O)c2cncc(C(F)(F)F)n2)c(F)cn1. The lowest BCUT2D eigenvalue weighted by Crippen LogP contribution is -2.28. The summed E-state index contributed by atoms with van der Waals surface area (Å²) in [5.41, 5.74) is -0.615. The van der Waals surface area contributed by atoms with Crippen molar-refractivity contribution in [2.24, 2.45) is 0 Å². The Morgan fingerprint density at radius 2 is 2.07 bits per heavy atom. The molecule has 4 rings (SSSR count). The minimum atomic E-state index is -4.71. The third kappa shape index (κ3) is 3.67. The second kappa shape index (κ2) is 7.35. The van der Waals surface area contributed by atoms with E-state index in [2.05, 4.69) is 25.4 Å². The summed E-state index contributed by atoms with van der Waals surface area (Å²) in [5, 5.41) is 6.97. The van der Waals surface area contributed by atoms with Crippen molar-refractivity contribution in [2.45, 2.75) is 25.2 Å². The summed E-state index contributed by atoms with van der Waals surface area (Å²) in [4.78, 5) is 23.0. The highest BCUT2D eigenvalue weighted by molar-refractivity contribution is 5.92. The maximum absolute atomic E-state index is 14.2. The lowest BCUT2D eigenvalue weighted by atomic mass is 10.1. The number of alkyl halides is 3. The van der Waals surface area contributed by atoms with E-state index in [4.69, 9.17) is 4.74 Å². The maximum Gasteiger partial charge on any atom is 0.434 e. The van der Waals surface area contributed by atoms with Crippen LogP contribution in [0, 0.1) is 5.82 Å². The molecule has 30 heavy (non-hydrogen) atoms. The van der Waals surface area contributed by atoms with Gasteiger partial charge in [-0.15, -0.1) is 0 Å². The first-order valence-corrected chi connectivity index (χ1v) is 8.74. The number of hydrogen-bond acceptors (Lipinski definition) is 6. The van der Waals surface area contributed by atoms with E-state index in [1.807, 2.05) is 0 Å². The smallest absolute Gasteiger partial charge is 0.434 e. The summed E-state index contributed by atoms with van der Waals surface area (Å²) in [6, 6.07) is 2.48. The fourth-order valence-electron chi connectivity index (χ4n) is 3.14. The first kappa shape index (κ1) is 19.7. The van der Waals surface area contributed by atoms with Crippen LogP contribution in [0.2, 0.25) is 0 Å². The average molecular weight is 422 g/mol. The van der Waals surface area contributed by atoms with E-state index in [0.717, 1.165) is 12.4 Å². The van der Waals surface area contributed by atoms with Gasteiger partial charge in [0.05, 0.1) is 43.1 Å². The molecule has 1 amide bonds. The molecule has 156 valence electrons. The molecule has 3 aromatic heterocycles. The monoisotopic (exact) mass is 422 g/mol. The van der Waals surface area contributed by atoms with Crippen LogP contribution < -0.4 is 10.1 Å². The number of nitrogens with zero attached hydrogens (tertiary/aromatic N) is 5. The van der Waals surface area contributed by atoms with Crippen molar-refractivity contribution in [1.82, 2.24) is 30.0 Å². The Morgan fingerprint density at radius 1 is 1.27 bits per heavy atom. The lowest BCUT2D eigenvalue weighted by molar-refractivity contribution is -0.141. The van der Waals surface area contributed by atoms with Crippen LogP contribution in [0.25, 0.3) is 11.3 Å². The topological polar surface area (TPSA) is 94.8 Å². The summed E-state index contributed by atoms with van der Waals surface area (Å²) in [6.45, 7) is 0.443. The van der Waals surface area contributed by atoms with Gasteiger partial charge in [-0.05, 0) is 12.5 Å². The van der Waals surface area contributed by atoms with E-state index < -0.39 is 35.3 Å². The Kier molecular flexibility index (Phi) is 4.84. The third-order valence-corrected chi connectivity index (χ3v) is 4.58. The second-order valence-corrected chi connectivity index (χ2v) is 6.49.